The van der Waals surface area contributed by atoms with Crippen LogP contribution in [0.4, 0.5) is 0 Å². The maximum absolute atomic E-state index is 6.05. The molecule has 0 aliphatic heterocycles. The van der Waals surface area contributed by atoms with E-state index in [0.717, 1.165) is 6.42 Å². The van der Waals surface area contributed by atoms with Crippen LogP contribution in [-0.4, -0.2) is 4.98 Å². The Morgan fingerprint density at radius 3 is 2.24 bits per heavy atom. The van der Waals surface area contributed by atoms with E-state index in [-0.39, 0.29) is 16.4 Å². The maximum atomic E-state index is 6.05. The van der Waals surface area contributed by atoms with Crippen LogP contribution in [0.2, 0.25) is 15.2 Å². The largest absolute Gasteiger partial charge is 0.437 e. The fourth-order valence-corrected chi connectivity index (χ4v) is 2.32. The highest BCUT2D eigenvalue weighted by Crippen LogP contribution is 2.34. The normalized spacial score (nSPS) is 11.5. The Labute approximate surface area is 140 Å². The van der Waals surface area contributed by atoms with E-state index in [4.69, 9.17) is 39.5 Å². The van der Waals surface area contributed by atoms with Gasteiger partial charge in [0.2, 0.25) is 5.88 Å². The Hall–Kier alpha value is -0.960. The summed E-state index contributed by atoms with van der Waals surface area (Å²) in [5, 5.41) is 0.788. The van der Waals surface area contributed by atoms with Gasteiger partial charge in [0.05, 0.1) is 5.02 Å². The van der Waals surface area contributed by atoms with Gasteiger partial charge in [0.25, 0.3) is 0 Å². The van der Waals surface area contributed by atoms with Gasteiger partial charge in [-0.05, 0) is 35.6 Å². The Balaban J connectivity index is 2.23. The molecule has 2 nitrogen and oxygen atoms in total. The van der Waals surface area contributed by atoms with Gasteiger partial charge >= 0.3 is 0 Å². The van der Waals surface area contributed by atoms with Crippen LogP contribution in [0.1, 0.15) is 32.8 Å². The molecule has 1 aromatic carbocycles. The third kappa shape index (κ3) is 3.82. The monoisotopic (exact) mass is 343 g/mol. The van der Waals surface area contributed by atoms with Crippen LogP contribution in [0.15, 0.2) is 30.3 Å². The quantitative estimate of drug-likeness (QED) is 0.589. The third-order valence-corrected chi connectivity index (χ3v) is 4.53. The first kappa shape index (κ1) is 16.4. The van der Waals surface area contributed by atoms with E-state index in [1.807, 2.05) is 24.3 Å². The molecule has 0 amide bonds. The number of hydrogen-bond donors (Lipinski definition) is 0. The lowest BCUT2D eigenvalue weighted by Crippen LogP contribution is -2.14. The molecule has 2 rings (SSSR count). The van der Waals surface area contributed by atoms with Crippen molar-refractivity contribution in [3.63, 3.8) is 0 Å². The summed E-state index contributed by atoms with van der Waals surface area (Å²) in [7, 11) is 0. The molecule has 21 heavy (non-hydrogen) atoms. The van der Waals surface area contributed by atoms with Crippen molar-refractivity contribution in [2.75, 3.05) is 0 Å². The highest BCUT2D eigenvalue weighted by atomic mass is 35.5. The molecule has 0 radical (unpaired) electrons. The molecular formula is C16H16Cl3NO. The van der Waals surface area contributed by atoms with Crippen molar-refractivity contribution in [1.82, 2.24) is 4.98 Å². The van der Waals surface area contributed by atoms with E-state index in [9.17, 15) is 0 Å². The second kappa shape index (κ2) is 6.43. The van der Waals surface area contributed by atoms with Gasteiger partial charge in [-0.15, -0.1) is 0 Å². The first-order chi connectivity index (χ1) is 9.83. The van der Waals surface area contributed by atoms with E-state index in [0.29, 0.717) is 15.8 Å². The van der Waals surface area contributed by atoms with E-state index < -0.39 is 0 Å². The predicted octanol–water partition coefficient (Wildman–Crippen LogP) is 6.52. The highest BCUT2D eigenvalue weighted by molar-refractivity contribution is 6.42. The van der Waals surface area contributed by atoms with Crippen LogP contribution in [0, 0.1) is 0 Å². The Bertz CT molecular complexity index is 639. The number of ether oxygens (including phenoxy) is 1. The molecule has 0 spiro atoms. The number of aromatic nitrogens is 1. The average molecular weight is 345 g/mol. The van der Waals surface area contributed by atoms with E-state index >= 15 is 0 Å². The molecule has 0 bridgehead atoms. The van der Waals surface area contributed by atoms with Crippen molar-refractivity contribution in [2.45, 2.75) is 32.6 Å². The maximum Gasteiger partial charge on any atom is 0.239 e. The standard InChI is InChI=1S/C16H16Cl3NO/c1-4-16(2,3)10-5-7-11(8-6-10)21-15-13(18)9-12(17)14(19)20-15/h5-9H,4H2,1-3H3. The lowest BCUT2D eigenvalue weighted by Gasteiger charge is -2.23. The molecule has 0 fully saturated rings. The zero-order chi connectivity index (χ0) is 15.6. The second-order valence-electron chi connectivity index (χ2n) is 5.41. The second-order valence-corrected chi connectivity index (χ2v) is 6.58. The minimum Gasteiger partial charge on any atom is -0.437 e. The van der Waals surface area contributed by atoms with Crippen LogP contribution in [0.5, 0.6) is 11.6 Å². The summed E-state index contributed by atoms with van der Waals surface area (Å²) in [6, 6.07) is 9.40. The smallest absolute Gasteiger partial charge is 0.239 e. The number of benzene rings is 1. The average Bonchev–Trinajstić information content (AvgIpc) is 2.45. The molecule has 0 saturated heterocycles. The van der Waals surface area contributed by atoms with Crippen molar-refractivity contribution in [2.24, 2.45) is 0 Å². The molecule has 0 N–H and O–H groups in total. The van der Waals surface area contributed by atoms with Gasteiger partial charge in [0.1, 0.15) is 10.8 Å². The summed E-state index contributed by atoms with van der Waals surface area (Å²) in [4.78, 5) is 4.03. The molecular weight excluding hydrogens is 329 g/mol. The van der Waals surface area contributed by atoms with Gasteiger partial charge in [-0.2, -0.15) is 4.98 Å². The molecule has 112 valence electrons. The van der Waals surface area contributed by atoms with Crippen molar-refractivity contribution in [1.29, 1.82) is 0 Å². The van der Waals surface area contributed by atoms with Crippen LogP contribution < -0.4 is 4.74 Å². The molecule has 0 aliphatic carbocycles. The van der Waals surface area contributed by atoms with Gasteiger partial charge in [-0.3, -0.25) is 0 Å². The summed E-state index contributed by atoms with van der Waals surface area (Å²) in [5.74, 6) is 0.895. The van der Waals surface area contributed by atoms with E-state index in [1.54, 1.807) is 0 Å². The van der Waals surface area contributed by atoms with Gasteiger partial charge in [0.15, 0.2) is 5.15 Å². The molecule has 1 heterocycles. The summed E-state index contributed by atoms with van der Waals surface area (Å²) in [6.07, 6.45) is 1.06. The minimum absolute atomic E-state index is 0.137. The molecule has 5 heteroatoms. The number of rotatable bonds is 4. The molecule has 2 aromatic rings. The number of halogens is 3. The number of nitrogens with zero attached hydrogens (tertiary/aromatic N) is 1. The van der Waals surface area contributed by atoms with Crippen LogP contribution in [0.3, 0.4) is 0 Å². The van der Waals surface area contributed by atoms with Crippen LogP contribution >= 0.6 is 34.8 Å². The van der Waals surface area contributed by atoms with Crippen molar-refractivity contribution in [3.05, 3.63) is 51.1 Å². The van der Waals surface area contributed by atoms with E-state index in [1.165, 1.54) is 11.6 Å². The lowest BCUT2D eigenvalue weighted by atomic mass is 9.82. The summed E-state index contributed by atoms with van der Waals surface area (Å²) in [6.45, 7) is 6.59. The van der Waals surface area contributed by atoms with Gasteiger partial charge in [-0.25, -0.2) is 0 Å². The van der Waals surface area contributed by atoms with Crippen molar-refractivity contribution >= 4 is 34.8 Å². The molecule has 0 unspecified atom stereocenters. The first-order valence-corrected chi connectivity index (χ1v) is 7.77. The van der Waals surface area contributed by atoms with Crippen molar-refractivity contribution in [3.8, 4) is 11.6 Å². The van der Waals surface area contributed by atoms with Crippen LogP contribution in [-0.2, 0) is 5.41 Å². The summed E-state index contributed by atoms with van der Waals surface area (Å²) in [5.41, 5.74) is 1.39. The fourth-order valence-electron chi connectivity index (χ4n) is 1.79. The van der Waals surface area contributed by atoms with Gasteiger partial charge in [-0.1, -0.05) is 67.7 Å². The first-order valence-electron chi connectivity index (χ1n) is 6.63. The Morgan fingerprint density at radius 2 is 1.67 bits per heavy atom. The molecule has 0 aliphatic rings. The topological polar surface area (TPSA) is 22.1 Å². The highest BCUT2D eigenvalue weighted by Gasteiger charge is 2.18. The van der Waals surface area contributed by atoms with Crippen molar-refractivity contribution < 1.29 is 4.74 Å². The SMILES string of the molecule is CCC(C)(C)c1ccc(Oc2nc(Cl)c(Cl)cc2Cl)cc1. The third-order valence-electron chi connectivity index (χ3n) is 3.59. The zero-order valence-corrected chi connectivity index (χ0v) is 14.4. The predicted molar refractivity (Wildman–Crippen MR) is 89.1 cm³/mol. The molecule has 0 saturated carbocycles. The Kier molecular flexibility index (Phi) is 5.03. The Morgan fingerprint density at radius 1 is 1.05 bits per heavy atom. The summed E-state index contributed by atoms with van der Waals surface area (Å²) < 4.78 is 5.66. The van der Waals surface area contributed by atoms with Gasteiger partial charge in [0, 0.05) is 0 Å². The van der Waals surface area contributed by atoms with E-state index in [2.05, 4.69) is 25.8 Å². The molecule has 0 atom stereocenters. The molecule has 1 aromatic heterocycles. The lowest BCUT2D eigenvalue weighted by molar-refractivity contribution is 0.461. The number of hydrogen-bond acceptors (Lipinski definition) is 2. The van der Waals surface area contributed by atoms with Crippen LogP contribution in [0.25, 0.3) is 0 Å². The fraction of sp³-hybridized carbons (Fsp3) is 0.312. The summed E-state index contributed by atoms with van der Waals surface area (Å²) >= 11 is 17.8. The number of pyridine rings is 1. The minimum atomic E-state index is 0.137. The zero-order valence-electron chi connectivity index (χ0n) is 12.1. The van der Waals surface area contributed by atoms with Gasteiger partial charge < -0.3 is 4.74 Å².